The molecule has 208 valence electrons. The SMILES string of the molecule is CCCC1=C(C(=O)OCC)[C@@H](c2cccs2)n2c(s/c(=C\c3ccc(OCc4ccc(C#N)cc4)c(Br)c3)c2=O)=N1. The molecular formula is C31H26BrN3O4S2. The van der Waals surface area contributed by atoms with Crippen LogP contribution in [-0.2, 0) is 16.1 Å². The summed E-state index contributed by atoms with van der Waals surface area (Å²) in [6.07, 6.45) is 3.25. The second kappa shape index (κ2) is 12.8. The Bertz CT molecular complexity index is 1830. The van der Waals surface area contributed by atoms with Crippen LogP contribution in [0.15, 0.2) is 85.5 Å². The highest BCUT2D eigenvalue weighted by Crippen LogP contribution is 2.34. The molecule has 1 aliphatic heterocycles. The molecular weight excluding hydrogens is 622 g/mol. The van der Waals surface area contributed by atoms with Gasteiger partial charge in [-0.05, 0) is 82.2 Å². The number of rotatable bonds is 9. The van der Waals surface area contributed by atoms with Gasteiger partial charge in [0.15, 0.2) is 4.80 Å². The Hall–Kier alpha value is -3.78. The molecule has 0 radical (unpaired) electrons. The number of fused-ring (bicyclic) bond motifs is 1. The zero-order valence-corrected chi connectivity index (χ0v) is 25.6. The fourth-order valence-corrected chi connectivity index (χ4v) is 6.90. The van der Waals surface area contributed by atoms with Gasteiger partial charge in [-0.25, -0.2) is 9.79 Å². The molecule has 0 amide bonds. The van der Waals surface area contributed by atoms with Gasteiger partial charge in [0.05, 0.1) is 38.5 Å². The largest absolute Gasteiger partial charge is 0.488 e. The molecule has 0 N–H and O–H groups in total. The highest BCUT2D eigenvalue weighted by atomic mass is 79.9. The summed E-state index contributed by atoms with van der Waals surface area (Å²) in [4.78, 5) is 33.2. The second-order valence-corrected chi connectivity index (χ2v) is 12.1. The van der Waals surface area contributed by atoms with Crippen molar-refractivity contribution in [3.8, 4) is 11.8 Å². The van der Waals surface area contributed by atoms with Crippen molar-refractivity contribution < 1.29 is 14.3 Å². The Morgan fingerprint density at radius 3 is 2.66 bits per heavy atom. The van der Waals surface area contributed by atoms with Crippen LogP contribution in [0.25, 0.3) is 6.08 Å². The molecule has 0 bridgehead atoms. The van der Waals surface area contributed by atoms with Crippen LogP contribution in [0.4, 0.5) is 0 Å². The summed E-state index contributed by atoms with van der Waals surface area (Å²) in [6, 6.07) is 18.3. The Morgan fingerprint density at radius 2 is 2.00 bits per heavy atom. The predicted molar refractivity (Wildman–Crippen MR) is 164 cm³/mol. The number of benzene rings is 2. The Labute approximate surface area is 253 Å². The van der Waals surface area contributed by atoms with Crippen LogP contribution < -0.4 is 19.6 Å². The zero-order chi connectivity index (χ0) is 28.9. The predicted octanol–water partition coefficient (Wildman–Crippen LogP) is 5.85. The van der Waals surface area contributed by atoms with Crippen LogP contribution in [0.5, 0.6) is 5.75 Å². The minimum absolute atomic E-state index is 0.207. The van der Waals surface area contributed by atoms with E-state index in [1.807, 2.05) is 60.8 Å². The minimum Gasteiger partial charge on any atom is -0.488 e. The third-order valence-corrected chi connectivity index (χ3v) is 8.96. The zero-order valence-electron chi connectivity index (χ0n) is 22.4. The van der Waals surface area contributed by atoms with Crippen molar-refractivity contribution in [3.63, 3.8) is 0 Å². The molecule has 0 saturated carbocycles. The van der Waals surface area contributed by atoms with E-state index in [1.165, 1.54) is 22.7 Å². The van der Waals surface area contributed by atoms with E-state index in [0.717, 1.165) is 26.9 Å². The molecule has 41 heavy (non-hydrogen) atoms. The van der Waals surface area contributed by atoms with Crippen molar-refractivity contribution in [2.24, 2.45) is 4.99 Å². The summed E-state index contributed by atoms with van der Waals surface area (Å²) in [6.45, 7) is 4.41. The third-order valence-electron chi connectivity index (χ3n) is 6.44. The molecule has 0 saturated heterocycles. The first kappa shape index (κ1) is 28.7. The lowest BCUT2D eigenvalue weighted by Crippen LogP contribution is -2.39. The molecule has 5 rings (SSSR count). The number of ether oxygens (including phenoxy) is 2. The van der Waals surface area contributed by atoms with E-state index in [4.69, 9.17) is 19.7 Å². The number of hydrogen-bond donors (Lipinski definition) is 0. The quantitative estimate of drug-likeness (QED) is 0.212. The number of hydrogen-bond acceptors (Lipinski definition) is 8. The fourth-order valence-electron chi connectivity index (χ4n) is 4.55. The minimum atomic E-state index is -0.585. The maximum absolute atomic E-state index is 13.8. The standard InChI is InChI=1S/C31H26BrN3O4S2/c1-3-6-23-27(30(37)38-4-2)28(25-7-5-14-40-25)35-29(36)26(41-31(35)34-23)16-21-12-13-24(22(32)15-21)39-18-20-10-8-19(17-33)9-11-20/h5,7-16,28H,3-4,6,18H2,1-2H3/b26-16-/t28-/m1/s1. The fraction of sp³-hybridized carbons (Fsp3) is 0.226. The van der Waals surface area contributed by atoms with E-state index in [1.54, 1.807) is 23.6 Å². The first-order valence-corrected chi connectivity index (χ1v) is 15.6. The first-order valence-electron chi connectivity index (χ1n) is 13.1. The molecule has 0 aliphatic carbocycles. The molecule has 10 heteroatoms. The summed E-state index contributed by atoms with van der Waals surface area (Å²) >= 11 is 6.40. The molecule has 0 spiro atoms. The van der Waals surface area contributed by atoms with E-state index in [0.29, 0.717) is 44.9 Å². The van der Waals surface area contributed by atoms with Gasteiger partial charge in [-0.3, -0.25) is 9.36 Å². The van der Waals surface area contributed by atoms with Crippen molar-refractivity contribution >= 4 is 50.6 Å². The van der Waals surface area contributed by atoms with Crippen LogP contribution in [0.1, 0.15) is 54.3 Å². The van der Waals surface area contributed by atoms with Crippen LogP contribution in [0.3, 0.4) is 0 Å². The van der Waals surface area contributed by atoms with Gasteiger partial charge in [0.25, 0.3) is 5.56 Å². The number of aromatic nitrogens is 1. The highest BCUT2D eigenvalue weighted by molar-refractivity contribution is 9.10. The van der Waals surface area contributed by atoms with Gasteiger partial charge in [0.2, 0.25) is 0 Å². The average Bonchev–Trinajstić information content (AvgIpc) is 3.61. The average molecular weight is 649 g/mol. The third kappa shape index (κ3) is 6.12. The molecule has 3 heterocycles. The van der Waals surface area contributed by atoms with Crippen LogP contribution in [0, 0.1) is 11.3 Å². The Morgan fingerprint density at radius 1 is 1.20 bits per heavy atom. The van der Waals surface area contributed by atoms with E-state index in [2.05, 4.69) is 22.0 Å². The maximum Gasteiger partial charge on any atom is 0.338 e. The smallest absolute Gasteiger partial charge is 0.338 e. The van der Waals surface area contributed by atoms with Crippen molar-refractivity contribution in [3.05, 3.63) is 117 Å². The van der Waals surface area contributed by atoms with Gasteiger partial charge >= 0.3 is 5.97 Å². The van der Waals surface area contributed by atoms with E-state index >= 15 is 0 Å². The van der Waals surface area contributed by atoms with Crippen molar-refractivity contribution in [2.75, 3.05) is 6.61 Å². The number of carbonyl (C=O) groups excluding carboxylic acids is 1. The number of thiazole rings is 1. The highest BCUT2D eigenvalue weighted by Gasteiger charge is 2.34. The number of nitrogens with zero attached hydrogens (tertiary/aromatic N) is 3. The van der Waals surface area contributed by atoms with Gasteiger partial charge in [0, 0.05) is 4.88 Å². The number of esters is 1. The molecule has 1 aliphatic rings. The van der Waals surface area contributed by atoms with Gasteiger partial charge in [-0.2, -0.15) is 5.26 Å². The lowest BCUT2D eigenvalue weighted by atomic mass is 9.99. The Kier molecular flexibility index (Phi) is 8.98. The van der Waals surface area contributed by atoms with E-state index in [9.17, 15) is 9.59 Å². The van der Waals surface area contributed by atoms with Crippen molar-refractivity contribution in [2.45, 2.75) is 39.3 Å². The summed E-state index contributed by atoms with van der Waals surface area (Å²) in [5, 5.41) is 10.9. The van der Waals surface area contributed by atoms with Crippen LogP contribution in [0.2, 0.25) is 0 Å². The molecule has 0 unspecified atom stereocenters. The van der Waals surface area contributed by atoms with Crippen LogP contribution >= 0.6 is 38.6 Å². The van der Waals surface area contributed by atoms with E-state index in [-0.39, 0.29) is 12.2 Å². The molecule has 7 nitrogen and oxygen atoms in total. The van der Waals surface area contributed by atoms with E-state index < -0.39 is 12.0 Å². The summed E-state index contributed by atoms with van der Waals surface area (Å²) in [7, 11) is 0. The van der Waals surface area contributed by atoms with Crippen molar-refractivity contribution in [1.82, 2.24) is 4.57 Å². The molecule has 2 aromatic carbocycles. The summed E-state index contributed by atoms with van der Waals surface area (Å²) in [5.41, 5.74) is 3.27. The van der Waals surface area contributed by atoms with Gasteiger partial charge < -0.3 is 9.47 Å². The number of thiophene rings is 1. The number of carbonyl (C=O) groups is 1. The molecule has 2 aromatic heterocycles. The number of nitriles is 1. The first-order chi connectivity index (χ1) is 19.9. The Balaban J connectivity index is 1.50. The normalized spacial score (nSPS) is 14.8. The van der Waals surface area contributed by atoms with Gasteiger partial charge in [-0.1, -0.05) is 48.9 Å². The van der Waals surface area contributed by atoms with Crippen LogP contribution in [-0.4, -0.2) is 17.1 Å². The molecule has 1 atom stereocenters. The lowest BCUT2D eigenvalue weighted by Gasteiger charge is -2.24. The molecule has 0 fully saturated rings. The number of allylic oxidation sites excluding steroid dienone is 1. The maximum atomic E-state index is 13.8. The summed E-state index contributed by atoms with van der Waals surface area (Å²) < 4.78 is 14.3. The molecule has 4 aromatic rings. The monoisotopic (exact) mass is 647 g/mol. The topological polar surface area (TPSA) is 93.7 Å². The van der Waals surface area contributed by atoms with Crippen molar-refractivity contribution in [1.29, 1.82) is 5.26 Å². The van der Waals surface area contributed by atoms with Gasteiger partial charge in [0.1, 0.15) is 18.4 Å². The summed E-state index contributed by atoms with van der Waals surface area (Å²) in [5.74, 6) is 0.224. The van der Waals surface area contributed by atoms with Gasteiger partial charge in [-0.15, -0.1) is 11.3 Å². The second-order valence-electron chi connectivity index (χ2n) is 9.22. The number of halogens is 1. The lowest BCUT2D eigenvalue weighted by molar-refractivity contribution is -0.139.